The molecule has 1 fully saturated rings. The number of nitrogens with zero attached hydrogens (tertiary/aromatic N) is 1. The minimum Gasteiger partial charge on any atom is -0.478 e. The second kappa shape index (κ2) is 3.40. The number of rotatable bonds is 1. The Balaban J connectivity index is 2.67. The third kappa shape index (κ3) is 1.65. The van der Waals surface area contributed by atoms with Gasteiger partial charge < -0.3 is 14.9 Å². The Kier molecular flexibility index (Phi) is 2.49. The molecule has 0 spiro atoms. The molecule has 1 rings (SSSR count). The zero-order chi connectivity index (χ0) is 9.14. The lowest BCUT2D eigenvalue weighted by Crippen LogP contribution is -2.49. The summed E-state index contributed by atoms with van der Waals surface area (Å²) in [6.07, 6.45) is -2.06. The van der Waals surface area contributed by atoms with Crippen LogP contribution in [0, 0.1) is 0 Å². The van der Waals surface area contributed by atoms with E-state index in [1.807, 2.05) is 0 Å². The molecule has 2 N–H and O–H groups in total. The Bertz CT molecular complexity index is 182. The lowest BCUT2D eigenvalue weighted by molar-refractivity contribution is -0.168. The molecule has 6 nitrogen and oxygen atoms in total. The Labute approximate surface area is 68.3 Å². The monoisotopic (exact) mass is 175 g/mol. The second-order valence-electron chi connectivity index (χ2n) is 2.39. The molecule has 1 amide bonds. The smallest absolute Gasteiger partial charge is 0.409 e. The molecular formula is C6H9NO5. The molecule has 1 atom stereocenters. The molecule has 0 unspecified atom stereocenters. The van der Waals surface area contributed by atoms with Crippen LogP contribution in [0.2, 0.25) is 0 Å². The minimum absolute atomic E-state index is 0.215. The van der Waals surface area contributed by atoms with Crippen LogP contribution in [0.25, 0.3) is 0 Å². The maximum Gasteiger partial charge on any atom is 0.409 e. The van der Waals surface area contributed by atoms with Crippen molar-refractivity contribution in [3.05, 3.63) is 0 Å². The molecule has 0 aromatic carbocycles. The van der Waals surface area contributed by atoms with E-state index in [0.717, 1.165) is 4.90 Å². The summed E-state index contributed by atoms with van der Waals surface area (Å²) < 4.78 is 4.76. The quantitative estimate of drug-likeness (QED) is 0.576. The van der Waals surface area contributed by atoms with E-state index < -0.39 is 18.3 Å². The van der Waals surface area contributed by atoms with Gasteiger partial charge in [-0.15, -0.1) is 0 Å². The topological polar surface area (TPSA) is 87.1 Å². The SMILES string of the molecule is O=C(O)[C@@H]1OCCCN1C(=O)O. The van der Waals surface area contributed by atoms with Gasteiger partial charge in [0, 0.05) is 6.54 Å². The third-order valence-corrected chi connectivity index (χ3v) is 1.56. The highest BCUT2D eigenvalue weighted by Crippen LogP contribution is 2.10. The first-order valence-corrected chi connectivity index (χ1v) is 3.47. The zero-order valence-corrected chi connectivity index (χ0v) is 6.27. The van der Waals surface area contributed by atoms with Crippen molar-refractivity contribution in [2.24, 2.45) is 0 Å². The predicted molar refractivity (Wildman–Crippen MR) is 36.7 cm³/mol. The van der Waals surface area contributed by atoms with E-state index in [9.17, 15) is 9.59 Å². The van der Waals surface area contributed by atoms with Gasteiger partial charge >= 0.3 is 12.1 Å². The van der Waals surface area contributed by atoms with Crippen molar-refractivity contribution in [1.29, 1.82) is 0 Å². The average Bonchev–Trinajstić information content (AvgIpc) is 2.04. The fourth-order valence-corrected chi connectivity index (χ4v) is 1.04. The zero-order valence-electron chi connectivity index (χ0n) is 6.27. The maximum atomic E-state index is 10.5. The predicted octanol–water partition coefficient (Wildman–Crippen LogP) is -0.203. The summed E-state index contributed by atoms with van der Waals surface area (Å²) in [6.45, 7) is 0.507. The fraction of sp³-hybridized carbons (Fsp3) is 0.667. The summed E-state index contributed by atoms with van der Waals surface area (Å²) in [5, 5.41) is 17.1. The molecule has 1 heterocycles. The van der Waals surface area contributed by atoms with Gasteiger partial charge in [-0.1, -0.05) is 0 Å². The minimum atomic E-state index is -1.34. The lowest BCUT2D eigenvalue weighted by Gasteiger charge is -2.30. The van der Waals surface area contributed by atoms with Crippen molar-refractivity contribution in [3.63, 3.8) is 0 Å². The van der Waals surface area contributed by atoms with Crippen LogP contribution in [0.5, 0.6) is 0 Å². The number of ether oxygens (including phenoxy) is 1. The van der Waals surface area contributed by atoms with Gasteiger partial charge in [0.1, 0.15) is 0 Å². The molecular weight excluding hydrogens is 166 g/mol. The molecule has 6 heteroatoms. The van der Waals surface area contributed by atoms with Crippen LogP contribution < -0.4 is 0 Å². The number of amides is 1. The Hall–Kier alpha value is -1.30. The van der Waals surface area contributed by atoms with Crippen LogP contribution >= 0.6 is 0 Å². The number of hydrogen-bond acceptors (Lipinski definition) is 3. The number of carboxylic acid groups (broad SMARTS) is 2. The normalized spacial score (nSPS) is 23.7. The summed E-state index contributed by atoms with van der Waals surface area (Å²) in [7, 11) is 0. The van der Waals surface area contributed by atoms with Gasteiger partial charge in [-0.05, 0) is 6.42 Å². The van der Waals surface area contributed by atoms with Crippen LogP contribution in [0.1, 0.15) is 6.42 Å². The highest BCUT2D eigenvalue weighted by molar-refractivity contribution is 5.78. The van der Waals surface area contributed by atoms with Crippen LogP contribution in [-0.2, 0) is 9.53 Å². The van der Waals surface area contributed by atoms with E-state index in [-0.39, 0.29) is 6.54 Å². The van der Waals surface area contributed by atoms with E-state index in [2.05, 4.69) is 0 Å². The molecule has 0 bridgehead atoms. The molecule has 0 aliphatic carbocycles. The molecule has 12 heavy (non-hydrogen) atoms. The number of carbonyl (C=O) groups is 2. The average molecular weight is 175 g/mol. The van der Waals surface area contributed by atoms with Gasteiger partial charge in [-0.25, -0.2) is 9.59 Å². The molecule has 1 saturated heterocycles. The Morgan fingerprint density at radius 1 is 1.42 bits per heavy atom. The van der Waals surface area contributed by atoms with Gasteiger partial charge in [0.25, 0.3) is 0 Å². The standard InChI is InChI=1S/C6H9NO5/c8-5(9)4-7(6(10)11)2-1-3-12-4/h4H,1-3H2,(H,8,9)(H,10,11)/t4-/m0/s1. The maximum absolute atomic E-state index is 10.5. The fourth-order valence-electron chi connectivity index (χ4n) is 1.04. The van der Waals surface area contributed by atoms with Crippen LogP contribution in [0.4, 0.5) is 4.79 Å². The summed E-state index contributed by atoms with van der Waals surface area (Å²) in [4.78, 5) is 21.7. The molecule has 68 valence electrons. The first-order valence-electron chi connectivity index (χ1n) is 3.47. The van der Waals surface area contributed by atoms with Crippen molar-refractivity contribution in [2.75, 3.05) is 13.2 Å². The molecule has 0 radical (unpaired) electrons. The van der Waals surface area contributed by atoms with E-state index >= 15 is 0 Å². The molecule has 0 aromatic heterocycles. The van der Waals surface area contributed by atoms with Gasteiger partial charge in [-0.3, -0.25) is 4.90 Å². The summed E-state index contributed by atoms with van der Waals surface area (Å²) in [5.74, 6) is -1.27. The van der Waals surface area contributed by atoms with Crippen molar-refractivity contribution in [3.8, 4) is 0 Å². The Morgan fingerprint density at radius 3 is 2.50 bits per heavy atom. The molecule has 1 aliphatic heterocycles. The number of hydrogen-bond donors (Lipinski definition) is 2. The van der Waals surface area contributed by atoms with Gasteiger partial charge in [0.05, 0.1) is 6.61 Å². The first-order chi connectivity index (χ1) is 5.63. The van der Waals surface area contributed by atoms with Gasteiger partial charge in [-0.2, -0.15) is 0 Å². The first kappa shape index (κ1) is 8.79. The Morgan fingerprint density at radius 2 is 2.08 bits per heavy atom. The molecule has 0 aromatic rings. The summed E-state index contributed by atoms with van der Waals surface area (Å²) >= 11 is 0. The number of aliphatic carboxylic acids is 1. The van der Waals surface area contributed by atoms with E-state index in [4.69, 9.17) is 14.9 Å². The van der Waals surface area contributed by atoms with E-state index in [1.165, 1.54) is 0 Å². The van der Waals surface area contributed by atoms with E-state index in [0.29, 0.717) is 13.0 Å². The lowest BCUT2D eigenvalue weighted by atomic mass is 10.3. The largest absolute Gasteiger partial charge is 0.478 e. The molecule has 1 aliphatic rings. The van der Waals surface area contributed by atoms with Crippen molar-refractivity contribution in [1.82, 2.24) is 4.90 Å². The van der Waals surface area contributed by atoms with E-state index in [1.54, 1.807) is 0 Å². The number of carboxylic acids is 1. The summed E-state index contributed by atoms with van der Waals surface area (Å²) in [5.41, 5.74) is 0. The van der Waals surface area contributed by atoms with Crippen LogP contribution in [-0.4, -0.2) is 46.6 Å². The van der Waals surface area contributed by atoms with Gasteiger partial charge in [0.15, 0.2) is 0 Å². The van der Waals surface area contributed by atoms with Crippen molar-refractivity contribution < 1.29 is 24.5 Å². The second-order valence-corrected chi connectivity index (χ2v) is 2.39. The van der Waals surface area contributed by atoms with Crippen LogP contribution in [0.3, 0.4) is 0 Å². The van der Waals surface area contributed by atoms with Crippen molar-refractivity contribution in [2.45, 2.75) is 12.6 Å². The highest BCUT2D eigenvalue weighted by Gasteiger charge is 2.32. The third-order valence-electron chi connectivity index (χ3n) is 1.56. The highest BCUT2D eigenvalue weighted by atomic mass is 16.5. The van der Waals surface area contributed by atoms with Crippen LogP contribution in [0.15, 0.2) is 0 Å². The van der Waals surface area contributed by atoms with Gasteiger partial charge in [0.2, 0.25) is 6.23 Å². The molecule has 0 saturated carbocycles. The van der Waals surface area contributed by atoms with Crippen molar-refractivity contribution >= 4 is 12.1 Å². The summed E-state index contributed by atoms with van der Waals surface area (Å²) in [6, 6.07) is 0.